The highest BCUT2D eigenvalue weighted by Crippen LogP contribution is 2.25. The lowest BCUT2D eigenvalue weighted by Gasteiger charge is -2.05. The van der Waals surface area contributed by atoms with E-state index >= 15 is 0 Å². The van der Waals surface area contributed by atoms with Gasteiger partial charge < -0.3 is 4.74 Å². The molecule has 2 aromatic carbocycles. The molecule has 3 aromatic rings. The minimum absolute atomic E-state index is 0.224. The van der Waals surface area contributed by atoms with Gasteiger partial charge in [0.15, 0.2) is 11.7 Å². The topological polar surface area (TPSA) is 68.3 Å². The third kappa shape index (κ3) is 3.67. The molecule has 0 spiro atoms. The predicted octanol–water partition coefficient (Wildman–Crippen LogP) is 3.75. The second-order valence-electron chi connectivity index (χ2n) is 4.59. The minimum atomic E-state index is -0.643. The van der Waals surface area contributed by atoms with Gasteiger partial charge in [-0.2, -0.15) is 0 Å². The van der Waals surface area contributed by atoms with Crippen LogP contribution in [0.5, 0.6) is 0 Å². The van der Waals surface area contributed by atoms with E-state index in [1.807, 2.05) is 24.3 Å². The minimum Gasteiger partial charge on any atom is -0.452 e. The summed E-state index contributed by atoms with van der Waals surface area (Å²) >= 11 is 7.25. The van der Waals surface area contributed by atoms with Gasteiger partial charge in [0, 0.05) is 0 Å². The van der Waals surface area contributed by atoms with E-state index in [1.165, 1.54) is 17.4 Å². The lowest BCUT2D eigenvalue weighted by molar-refractivity contribution is -0.119. The lowest BCUT2D eigenvalue weighted by atomic mass is 10.2. The van der Waals surface area contributed by atoms with E-state index in [1.54, 1.807) is 18.2 Å². The van der Waals surface area contributed by atoms with Gasteiger partial charge in [-0.3, -0.25) is 10.1 Å². The maximum Gasteiger partial charge on any atom is 0.340 e. The fraction of sp³-hybridized carbons (Fsp3) is 0.0625. The summed E-state index contributed by atoms with van der Waals surface area (Å²) in [5.74, 6) is -1.10. The van der Waals surface area contributed by atoms with Crippen molar-refractivity contribution in [1.82, 2.24) is 4.98 Å². The number of carbonyl (C=O) groups excluding carboxylic acids is 2. The Kier molecular flexibility index (Phi) is 4.55. The molecule has 5 nitrogen and oxygen atoms in total. The molecule has 3 rings (SSSR count). The highest BCUT2D eigenvalue weighted by atomic mass is 35.5. The average Bonchev–Trinajstić information content (AvgIpc) is 2.95. The van der Waals surface area contributed by atoms with Gasteiger partial charge in [-0.1, -0.05) is 47.2 Å². The Bertz CT molecular complexity index is 845. The van der Waals surface area contributed by atoms with Gasteiger partial charge in [0.1, 0.15) is 0 Å². The van der Waals surface area contributed by atoms with Crippen molar-refractivity contribution in [2.24, 2.45) is 0 Å². The quantitative estimate of drug-likeness (QED) is 0.730. The third-order valence-electron chi connectivity index (χ3n) is 2.97. The number of halogens is 1. The van der Waals surface area contributed by atoms with Crippen LogP contribution < -0.4 is 5.32 Å². The molecule has 116 valence electrons. The van der Waals surface area contributed by atoms with Crippen LogP contribution in [-0.4, -0.2) is 23.5 Å². The summed E-state index contributed by atoms with van der Waals surface area (Å²) in [6.45, 7) is -0.403. The highest BCUT2D eigenvalue weighted by Gasteiger charge is 2.14. The number of amides is 1. The standard InChI is InChI=1S/C16H11ClN2O3S/c17-11-6-2-1-5-10(11)15(21)22-9-14(20)19-16-18-12-7-3-4-8-13(12)23-16/h1-8H,9H2,(H,18,19,20). The van der Waals surface area contributed by atoms with E-state index in [0.29, 0.717) is 5.13 Å². The van der Waals surface area contributed by atoms with Crippen LogP contribution in [0.15, 0.2) is 48.5 Å². The zero-order chi connectivity index (χ0) is 16.2. The van der Waals surface area contributed by atoms with Gasteiger partial charge >= 0.3 is 5.97 Å². The molecule has 23 heavy (non-hydrogen) atoms. The van der Waals surface area contributed by atoms with Crippen LogP contribution >= 0.6 is 22.9 Å². The summed E-state index contributed by atoms with van der Waals surface area (Å²) < 4.78 is 5.93. The largest absolute Gasteiger partial charge is 0.452 e. The van der Waals surface area contributed by atoms with Crippen LogP contribution in [0.4, 0.5) is 5.13 Å². The monoisotopic (exact) mass is 346 g/mol. The zero-order valence-corrected chi connectivity index (χ0v) is 13.4. The third-order valence-corrected chi connectivity index (χ3v) is 4.25. The van der Waals surface area contributed by atoms with Gasteiger partial charge in [0.2, 0.25) is 0 Å². The van der Waals surface area contributed by atoms with Crippen LogP contribution in [0.25, 0.3) is 10.2 Å². The van der Waals surface area contributed by atoms with E-state index in [4.69, 9.17) is 16.3 Å². The molecular formula is C16H11ClN2O3S. The van der Waals surface area contributed by atoms with E-state index in [-0.39, 0.29) is 10.6 Å². The molecule has 1 aromatic heterocycles. The Labute approximate surface area is 140 Å². The molecule has 0 atom stereocenters. The fourth-order valence-electron chi connectivity index (χ4n) is 1.92. The predicted molar refractivity (Wildman–Crippen MR) is 90.0 cm³/mol. The molecule has 7 heteroatoms. The second kappa shape index (κ2) is 6.76. The number of para-hydroxylation sites is 1. The Morgan fingerprint density at radius 3 is 2.65 bits per heavy atom. The second-order valence-corrected chi connectivity index (χ2v) is 6.03. The van der Waals surface area contributed by atoms with Gasteiger partial charge in [-0.15, -0.1) is 0 Å². The highest BCUT2D eigenvalue weighted by molar-refractivity contribution is 7.22. The van der Waals surface area contributed by atoms with Crippen molar-refractivity contribution in [2.75, 3.05) is 11.9 Å². The number of rotatable bonds is 4. The van der Waals surface area contributed by atoms with Crippen molar-refractivity contribution in [3.05, 3.63) is 59.1 Å². The maximum atomic E-state index is 11.9. The first-order valence-electron chi connectivity index (χ1n) is 6.70. The molecule has 0 bridgehead atoms. The molecule has 1 N–H and O–H groups in total. The SMILES string of the molecule is O=C(COC(=O)c1ccccc1Cl)Nc1nc2ccccc2s1. The summed E-state index contributed by atoms with van der Waals surface area (Å²) in [5.41, 5.74) is 1.03. The Balaban J connectivity index is 1.59. The molecule has 0 aliphatic rings. The van der Waals surface area contributed by atoms with Crippen molar-refractivity contribution < 1.29 is 14.3 Å². The number of benzene rings is 2. The molecule has 0 radical (unpaired) electrons. The van der Waals surface area contributed by atoms with Crippen LogP contribution in [0.1, 0.15) is 10.4 Å². The van der Waals surface area contributed by atoms with E-state index in [2.05, 4.69) is 10.3 Å². The molecule has 0 unspecified atom stereocenters. The molecule has 0 saturated carbocycles. The van der Waals surface area contributed by atoms with Crippen LogP contribution in [0, 0.1) is 0 Å². The van der Waals surface area contributed by atoms with Crippen molar-refractivity contribution >= 4 is 50.2 Å². The first-order valence-corrected chi connectivity index (χ1v) is 7.90. The number of fused-ring (bicyclic) bond motifs is 1. The van der Waals surface area contributed by atoms with Gasteiger partial charge in [-0.05, 0) is 24.3 Å². The molecule has 0 aliphatic carbocycles. The number of hydrogen-bond acceptors (Lipinski definition) is 5. The normalized spacial score (nSPS) is 10.5. The number of thiazole rings is 1. The Morgan fingerprint density at radius 2 is 1.87 bits per heavy atom. The van der Waals surface area contributed by atoms with Crippen molar-refractivity contribution in [1.29, 1.82) is 0 Å². The first kappa shape index (κ1) is 15.5. The zero-order valence-electron chi connectivity index (χ0n) is 11.8. The van der Waals surface area contributed by atoms with Crippen LogP contribution in [0.2, 0.25) is 5.02 Å². The molecular weight excluding hydrogens is 336 g/mol. The smallest absolute Gasteiger partial charge is 0.340 e. The number of esters is 1. The van der Waals surface area contributed by atoms with Crippen molar-refractivity contribution in [3.8, 4) is 0 Å². The van der Waals surface area contributed by atoms with E-state index < -0.39 is 18.5 Å². The summed E-state index contributed by atoms with van der Waals surface area (Å²) in [6.07, 6.45) is 0. The van der Waals surface area contributed by atoms with Gasteiger partial charge in [0.05, 0.1) is 20.8 Å². The number of nitrogens with zero attached hydrogens (tertiary/aromatic N) is 1. The summed E-state index contributed by atoms with van der Waals surface area (Å²) in [7, 11) is 0. The Hall–Kier alpha value is -2.44. The molecule has 1 heterocycles. The van der Waals surface area contributed by atoms with E-state index in [9.17, 15) is 9.59 Å². The average molecular weight is 347 g/mol. The Morgan fingerprint density at radius 1 is 1.13 bits per heavy atom. The van der Waals surface area contributed by atoms with Crippen molar-refractivity contribution in [2.45, 2.75) is 0 Å². The van der Waals surface area contributed by atoms with Gasteiger partial charge in [0.25, 0.3) is 5.91 Å². The summed E-state index contributed by atoms with van der Waals surface area (Å²) in [5, 5.41) is 3.36. The lowest BCUT2D eigenvalue weighted by Crippen LogP contribution is -2.20. The molecule has 0 fully saturated rings. The maximum absolute atomic E-state index is 11.9. The number of carbonyl (C=O) groups is 2. The summed E-state index contributed by atoms with van der Waals surface area (Å²) in [6, 6.07) is 14.0. The number of nitrogens with one attached hydrogen (secondary N) is 1. The van der Waals surface area contributed by atoms with E-state index in [0.717, 1.165) is 10.2 Å². The van der Waals surface area contributed by atoms with Gasteiger partial charge in [-0.25, -0.2) is 9.78 Å². The number of hydrogen-bond donors (Lipinski definition) is 1. The summed E-state index contributed by atoms with van der Waals surface area (Å²) in [4.78, 5) is 28.0. The fourth-order valence-corrected chi connectivity index (χ4v) is 3.01. The molecule has 0 aliphatic heterocycles. The number of ether oxygens (including phenoxy) is 1. The molecule has 1 amide bonds. The van der Waals surface area contributed by atoms with Crippen LogP contribution in [-0.2, 0) is 9.53 Å². The number of aromatic nitrogens is 1. The van der Waals surface area contributed by atoms with Crippen LogP contribution in [0.3, 0.4) is 0 Å². The number of anilines is 1. The van der Waals surface area contributed by atoms with Crippen molar-refractivity contribution in [3.63, 3.8) is 0 Å². The first-order chi connectivity index (χ1) is 11.1. The molecule has 0 saturated heterocycles.